The van der Waals surface area contributed by atoms with Gasteiger partial charge in [0.1, 0.15) is 0 Å². The van der Waals surface area contributed by atoms with Gasteiger partial charge in [-0.15, -0.1) is 0 Å². The number of hydrogen-bond acceptors (Lipinski definition) is 1. The molecule has 0 bridgehead atoms. The van der Waals surface area contributed by atoms with Crippen molar-refractivity contribution in [3.8, 4) is 0 Å². The number of hydrogen-bond donors (Lipinski definition) is 0. The lowest BCUT2D eigenvalue weighted by Gasteiger charge is -1.60. The second-order valence-electron chi connectivity index (χ2n) is 0.236. The van der Waals surface area contributed by atoms with E-state index in [4.69, 9.17) is 0 Å². The summed E-state index contributed by atoms with van der Waals surface area (Å²) in [5.41, 5.74) is 0. The van der Waals surface area contributed by atoms with Gasteiger partial charge in [0.25, 0.3) is 8.05 Å². The number of rotatable bonds is 0. The van der Waals surface area contributed by atoms with Crippen LogP contribution in [0.5, 0.6) is 0 Å². The van der Waals surface area contributed by atoms with E-state index < -0.39 is 0 Å². The Kier molecular flexibility index (Phi) is 81.4. The van der Waals surface area contributed by atoms with Gasteiger partial charge < -0.3 is 29.5 Å². The topological polar surface area (TPSA) is 9.23 Å². The van der Waals surface area contributed by atoms with Crippen LogP contribution in [0.2, 0.25) is 0 Å². The van der Waals surface area contributed by atoms with Crippen molar-refractivity contribution < 1.29 is 29.5 Å². The lowest BCUT2D eigenvalue weighted by atomic mass is 10.6. The van der Waals surface area contributed by atoms with Gasteiger partial charge in [-0.1, -0.05) is 0 Å². The standard InChI is InChI=1S/CH3BO.2ClH/c1-3-2;;/h1H3;2*1H/p-2. The highest BCUT2D eigenvalue weighted by Crippen LogP contribution is 1.24. The Balaban J connectivity index is -0.0000000200. The molecule has 32 valence electrons. The lowest BCUT2D eigenvalue weighted by Crippen LogP contribution is -3.00. The van der Waals surface area contributed by atoms with Crippen LogP contribution in [-0.2, 0) is 4.65 Å². The van der Waals surface area contributed by atoms with Crippen molar-refractivity contribution >= 4 is 8.05 Å². The molecule has 0 aliphatic rings. The van der Waals surface area contributed by atoms with Crippen molar-refractivity contribution in [2.24, 2.45) is 0 Å². The molecule has 0 atom stereocenters. The van der Waals surface area contributed by atoms with E-state index >= 15 is 0 Å². The summed E-state index contributed by atoms with van der Waals surface area (Å²) in [7, 11) is 5.75. The largest absolute Gasteiger partial charge is 1.00 e. The molecule has 4 heteroatoms. The Morgan fingerprint density at radius 3 is 1.40 bits per heavy atom. The molecule has 0 N–H and O–H groups in total. The summed E-state index contributed by atoms with van der Waals surface area (Å²) in [5.74, 6) is 0. The average Bonchev–Trinajstić information content (AvgIpc) is 0.918. The predicted molar refractivity (Wildman–Crippen MR) is 12.8 cm³/mol. The van der Waals surface area contributed by atoms with Crippen LogP contribution >= 0.6 is 0 Å². The van der Waals surface area contributed by atoms with Gasteiger partial charge in [-0.3, -0.25) is 0 Å². The van der Waals surface area contributed by atoms with Crippen molar-refractivity contribution in [2.75, 3.05) is 7.11 Å². The normalized spacial score (nSPS) is 3.40. The van der Waals surface area contributed by atoms with Crippen molar-refractivity contribution in [1.29, 1.82) is 0 Å². The van der Waals surface area contributed by atoms with E-state index in [2.05, 4.69) is 12.7 Å². The van der Waals surface area contributed by atoms with Gasteiger partial charge in [-0.25, -0.2) is 0 Å². The quantitative estimate of drug-likeness (QED) is 0.284. The minimum absolute atomic E-state index is 0. The SMILES string of the molecule is [B]OC.[Cl-].[Cl-]. The molecule has 0 unspecified atom stereocenters. The molecule has 0 saturated carbocycles. The van der Waals surface area contributed by atoms with E-state index in [1.807, 2.05) is 0 Å². The maximum absolute atomic E-state index is 4.35. The van der Waals surface area contributed by atoms with Crippen molar-refractivity contribution in [2.45, 2.75) is 0 Å². The van der Waals surface area contributed by atoms with E-state index in [9.17, 15) is 0 Å². The molecule has 5 heavy (non-hydrogen) atoms. The first kappa shape index (κ1) is 17.5. The zero-order valence-corrected chi connectivity index (χ0v) is 4.25. The van der Waals surface area contributed by atoms with Gasteiger partial charge in [0.15, 0.2) is 0 Å². The summed E-state index contributed by atoms with van der Waals surface area (Å²) in [5, 5.41) is 0. The highest BCUT2D eigenvalue weighted by atomic mass is 35.5. The molecular weight excluding hydrogens is 110 g/mol. The Bertz CT molecular complexity index is 9.61. The molecule has 0 spiro atoms. The van der Waals surface area contributed by atoms with Crippen LogP contribution in [0.1, 0.15) is 0 Å². The van der Waals surface area contributed by atoms with Crippen molar-refractivity contribution in [3.63, 3.8) is 0 Å². The van der Waals surface area contributed by atoms with Crippen LogP contribution in [0.15, 0.2) is 0 Å². The van der Waals surface area contributed by atoms with Crippen molar-refractivity contribution in [3.05, 3.63) is 0 Å². The van der Waals surface area contributed by atoms with Crippen LogP contribution in [-0.4, -0.2) is 15.2 Å². The fraction of sp³-hybridized carbons (Fsp3) is 1.00. The maximum Gasteiger partial charge on any atom is 0.282 e. The molecule has 0 amide bonds. The van der Waals surface area contributed by atoms with Gasteiger partial charge in [-0.2, -0.15) is 0 Å². The third-order valence-corrected chi connectivity index (χ3v) is 0. The molecule has 0 aromatic carbocycles. The predicted octanol–water partition coefficient (Wildman–Crippen LogP) is -6.28. The maximum atomic E-state index is 4.35. The zero-order valence-electron chi connectivity index (χ0n) is 2.74. The molecule has 0 heterocycles. The van der Waals surface area contributed by atoms with E-state index in [-0.39, 0.29) is 24.8 Å². The molecule has 0 saturated heterocycles. The molecule has 0 aliphatic carbocycles. The second-order valence-corrected chi connectivity index (χ2v) is 0.236. The number of halogens is 2. The Hall–Kier alpha value is 0.605. The summed E-state index contributed by atoms with van der Waals surface area (Å²) in [6.45, 7) is 0. The molecule has 0 fully saturated rings. The highest BCUT2D eigenvalue weighted by molar-refractivity contribution is 5.97. The van der Waals surface area contributed by atoms with Crippen LogP contribution in [0, 0.1) is 0 Å². The van der Waals surface area contributed by atoms with Gasteiger partial charge >= 0.3 is 0 Å². The second kappa shape index (κ2) is 23.2. The minimum atomic E-state index is 0. The summed E-state index contributed by atoms with van der Waals surface area (Å²) >= 11 is 0. The first-order valence-electron chi connectivity index (χ1n) is 0.644. The van der Waals surface area contributed by atoms with Crippen LogP contribution in [0.4, 0.5) is 0 Å². The molecule has 2 radical (unpaired) electrons. The fourth-order valence-corrected chi connectivity index (χ4v) is 0. The summed E-state index contributed by atoms with van der Waals surface area (Å²) < 4.78 is 3.75. The Labute approximate surface area is 45.3 Å². The fourth-order valence-electron chi connectivity index (χ4n) is 0. The van der Waals surface area contributed by atoms with Crippen LogP contribution in [0.25, 0.3) is 0 Å². The molecule has 0 rings (SSSR count). The van der Waals surface area contributed by atoms with E-state index in [0.717, 1.165) is 0 Å². The Morgan fingerprint density at radius 2 is 1.40 bits per heavy atom. The van der Waals surface area contributed by atoms with Gasteiger partial charge in [-0.05, 0) is 0 Å². The van der Waals surface area contributed by atoms with E-state index in [1.54, 1.807) is 0 Å². The van der Waals surface area contributed by atoms with E-state index in [1.165, 1.54) is 7.11 Å². The van der Waals surface area contributed by atoms with Gasteiger partial charge in [0, 0.05) is 7.11 Å². The summed E-state index contributed by atoms with van der Waals surface area (Å²) in [6.07, 6.45) is 0. The molecular formula is CH3BCl2O-2. The van der Waals surface area contributed by atoms with Gasteiger partial charge in [0.05, 0.1) is 0 Å². The average molecular weight is 113 g/mol. The Morgan fingerprint density at radius 1 is 1.40 bits per heavy atom. The molecule has 0 aromatic rings. The summed E-state index contributed by atoms with van der Waals surface area (Å²) in [6, 6.07) is 0. The third kappa shape index (κ3) is 85.4. The lowest BCUT2D eigenvalue weighted by molar-refractivity contribution is -0.00100. The first-order chi connectivity index (χ1) is 1.41. The minimum Gasteiger partial charge on any atom is -1.00 e. The molecule has 0 aliphatic heterocycles. The highest BCUT2D eigenvalue weighted by Gasteiger charge is 1.30. The van der Waals surface area contributed by atoms with E-state index in [0.29, 0.717) is 0 Å². The summed E-state index contributed by atoms with van der Waals surface area (Å²) in [4.78, 5) is 0. The zero-order chi connectivity index (χ0) is 2.71. The van der Waals surface area contributed by atoms with Crippen molar-refractivity contribution in [1.82, 2.24) is 0 Å². The monoisotopic (exact) mass is 112 g/mol. The first-order valence-corrected chi connectivity index (χ1v) is 0.644. The van der Waals surface area contributed by atoms with Crippen LogP contribution in [0.3, 0.4) is 0 Å². The molecule has 0 aromatic heterocycles. The molecule has 1 nitrogen and oxygen atoms in total. The van der Waals surface area contributed by atoms with Gasteiger partial charge in [0.2, 0.25) is 0 Å². The third-order valence-electron chi connectivity index (χ3n) is 0. The smallest absolute Gasteiger partial charge is 0.282 e. The van der Waals surface area contributed by atoms with Crippen LogP contribution < -0.4 is 24.8 Å².